The summed E-state index contributed by atoms with van der Waals surface area (Å²) >= 11 is 0. The molecule has 0 radical (unpaired) electrons. The van der Waals surface area contributed by atoms with Gasteiger partial charge in [0.1, 0.15) is 0 Å². The second kappa shape index (κ2) is 8.68. The summed E-state index contributed by atoms with van der Waals surface area (Å²) in [4.78, 5) is 2.64. The molecule has 0 heterocycles. The van der Waals surface area contributed by atoms with Crippen LogP contribution in [0.15, 0.2) is 0 Å². The molecule has 2 nitrogen and oxygen atoms in total. The third kappa shape index (κ3) is 4.96. The predicted octanol–water partition coefficient (Wildman–Crippen LogP) is 4.84. The van der Waals surface area contributed by atoms with Gasteiger partial charge in [-0.15, -0.1) is 0 Å². The standard InChI is InChI=1S/C20H40N2/c1-5-7-13-22(4)19-9-11-20(12-10-19)14-18(15-20)16-21-17(3)8-6-2/h17-19,21H,5-16H2,1-4H3/t17?,18-,19-,20?. The van der Waals surface area contributed by atoms with Gasteiger partial charge in [-0.25, -0.2) is 0 Å². The number of nitrogens with one attached hydrogen (secondary N) is 1. The van der Waals surface area contributed by atoms with Gasteiger partial charge >= 0.3 is 0 Å². The molecule has 2 heteroatoms. The number of hydrogen-bond acceptors (Lipinski definition) is 2. The zero-order valence-electron chi connectivity index (χ0n) is 15.7. The van der Waals surface area contributed by atoms with Gasteiger partial charge in [0, 0.05) is 12.1 Å². The summed E-state index contributed by atoms with van der Waals surface area (Å²) in [7, 11) is 2.35. The average molecular weight is 309 g/mol. The Hall–Kier alpha value is -0.0800. The van der Waals surface area contributed by atoms with E-state index >= 15 is 0 Å². The Morgan fingerprint density at radius 3 is 2.41 bits per heavy atom. The highest BCUT2D eigenvalue weighted by molar-refractivity contribution is 4.98. The normalized spacial score (nSPS) is 33.1. The molecule has 2 rings (SSSR count). The molecule has 22 heavy (non-hydrogen) atoms. The maximum absolute atomic E-state index is 3.75. The first-order chi connectivity index (χ1) is 10.6. The topological polar surface area (TPSA) is 15.3 Å². The lowest BCUT2D eigenvalue weighted by molar-refractivity contribution is -0.00909. The minimum absolute atomic E-state index is 0.713. The van der Waals surface area contributed by atoms with Crippen molar-refractivity contribution in [3.05, 3.63) is 0 Å². The van der Waals surface area contributed by atoms with Gasteiger partial charge in [0.15, 0.2) is 0 Å². The number of hydrogen-bond donors (Lipinski definition) is 1. The maximum atomic E-state index is 3.75. The van der Waals surface area contributed by atoms with E-state index in [0.717, 1.165) is 17.4 Å². The molecular weight excluding hydrogens is 268 g/mol. The third-order valence-corrected chi connectivity index (χ3v) is 6.42. The van der Waals surface area contributed by atoms with Gasteiger partial charge in [-0.1, -0.05) is 26.7 Å². The second-order valence-corrected chi connectivity index (χ2v) is 8.44. The summed E-state index contributed by atoms with van der Waals surface area (Å²) in [5.74, 6) is 0.966. The highest BCUT2D eigenvalue weighted by atomic mass is 15.1. The van der Waals surface area contributed by atoms with Crippen LogP contribution in [-0.2, 0) is 0 Å². The number of unbranched alkanes of at least 4 members (excludes halogenated alkanes) is 1. The van der Waals surface area contributed by atoms with E-state index < -0.39 is 0 Å². The highest BCUT2D eigenvalue weighted by Crippen LogP contribution is 2.54. The molecule has 0 amide bonds. The predicted molar refractivity (Wildman–Crippen MR) is 97.3 cm³/mol. The molecule has 0 aromatic carbocycles. The average Bonchev–Trinajstić information content (AvgIpc) is 2.49. The molecular formula is C20H40N2. The van der Waals surface area contributed by atoms with Crippen molar-refractivity contribution in [3.8, 4) is 0 Å². The Bertz CT molecular complexity index is 299. The van der Waals surface area contributed by atoms with Crippen molar-refractivity contribution in [1.82, 2.24) is 10.2 Å². The largest absolute Gasteiger partial charge is 0.314 e. The number of rotatable bonds is 9. The zero-order valence-corrected chi connectivity index (χ0v) is 15.7. The Morgan fingerprint density at radius 1 is 1.14 bits per heavy atom. The van der Waals surface area contributed by atoms with Crippen molar-refractivity contribution in [2.24, 2.45) is 11.3 Å². The molecule has 0 saturated heterocycles. The van der Waals surface area contributed by atoms with Crippen LogP contribution in [0.5, 0.6) is 0 Å². The fraction of sp³-hybridized carbons (Fsp3) is 1.00. The molecule has 0 bridgehead atoms. The lowest BCUT2D eigenvalue weighted by atomic mass is 9.55. The summed E-state index contributed by atoms with van der Waals surface area (Å²) < 4.78 is 0. The van der Waals surface area contributed by atoms with Crippen LogP contribution in [-0.4, -0.2) is 37.1 Å². The van der Waals surface area contributed by atoms with Crippen molar-refractivity contribution in [1.29, 1.82) is 0 Å². The van der Waals surface area contributed by atoms with Crippen LogP contribution in [0.4, 0.5) is 0 Å². The summed E-state index contributed by atoms with van der Waals surface area (Å²) in [5, 5.41) is 3.75. The van der Waals surface area contributed by atoms with Crippen molar-refractivity contribution in [3.63, 3.8) is 0 Å². The van der Waals surface area contributed by atoms with Crippen molar-refractivity contribution < 1.29 is 0 Å². The lowest BCUT2D eigenvalue weighted by Gasteiger charge is -2.53. The monoisotopic (exact) mass is 308 g/mol. The van der Waals surface area contributed by atoms with Crippen LogP contribution in [0.25, 0.3) is 0 Å². The molecule has 2 saturated carbocycles. The molecule has 2 aliphatic rings. The number of nitrogens with zero attached hydrogens (tertiary/aromatic N) is 1. The van der Waals surface area contributed by atoms with E-state index in [1.165, 1.54) is 77.3 Å². The van der Waals surface area contributed by atoms with Gasteiger partial charge in [0.05, 0.1) is 0 Å². The van der Waals surface area contributed by atoms with Gasteiger partial charge < -0.3 is 10.2 Å². The summed E-state index contributed by atoms with van der Waals surface area (Å²) in [6.07, 6.45) is 14.2. The molecule has 1 atom stereocenters. The minimum Gasteiger partial charge on any atom is -0.314 e. The third-order valence-electron chi connectivity index (χ3n) is 6.42. The Labute approximate surface area is 139 Å². The Morgan fingerprint density at radius 2 is 1.82 bits per heavy atom. The van der Waals surface area contributed by atoms with Gasteiger partial charge in [-0.05, 0) is 89.8 Å². The van der Waals surface area contributed by atoms with Crippen LogP contribution in [0.1, 0.15) is 85.0 Å². The van der Waals surface area contributed by atoms with Gasteiger partial charge in [-0.3, -0.25) is 0 Å². The molecule has 130 valence electrons. The van der Waals surface area contributed by atoms with Crippen LogP contribution in [0, 0.1) is 11.3 Å². The fourth-order valence-corrected chi connectivity index (χ4v) is 4.87. The minimum atomic E-state index is 0.713. The highest BCUT2D eigenvalue weighted by Gasteiger charge is 2.45. The molecule has 2 aliphatic carbocycles. The van der Waals surface area contributed by atoms with Crippen LogP contribution in [0.2, 0.25) is 0 Å². The first kappa shape index (κ1) is 18.3. The fourth-order valence-electron chi connectivity index (χ4n) is 4.87. The van der Waals surface area contributed by atoms with Crippen LogP contribution in [0.3, 0.4) is 0 Å². The van der Waals surface area contributed by atoms with E-state index in [1.54, 1.807) is 0 Å². The van der Waals surface area contributed by atoms with Gasteiger partial charge in [-0.2, -0.15) is 0 Å². The second-order valence-electron chi connectivity index (χ2n) is 8.44. The summed E-state index contributed by atoms with van der Waals surface area (Å²) in [5.41, 5.74) is 0.752. The summed E-state index contributed by atoms with van der Waals surface area (Å²) in [6.45, 7) is 9.49. The maximum Gasteiger partial charge on any atom is 0.00926 e. The van der Waals surface area contributed by atoms with Crippen molar-refractivity contribution in [2.75, 3.05) is 20.1 Å². The quantitative estimate of drug-likeness (QED) is 0.656. The van der Waals surface area contributed by atoms with Gasteiger partial charge in [0.2, 0.25) is 0 Å². The van der Waals surface area contributed by atoms with E-state index in [9.17, 15) is 0 Å². The SMILES string of the molecule is CCCCN(C)[C@H]1CCC2(CC1)C[C@H](CNC(C)CCC)C2. The van der Waals surface area contributed by atoms with E-state index in [0.29, 0.717) is 6.04 Å². The smallest absolute Gasteiger partial charge is 0.00926 e. The van der Waals surface area contributed by atoms with Crippen LogP contribution < -0.4 is 5.32 Å². The zero-order chi connectivity index (χ0) is 16.0. The molecule has 0 aromatic rings. The Balaban J connectivity index is 1.62. The van der Waals surface area contributed by atoms with E-state index in [4.69, 9.17) is 0 Å². The summed E-state index contributed by atoms with van der Waals surface area (Å²) in [6, 6.07) is 1.59. The molecule has 0 aliphatic heterocycles. The molecule has 1 N–H and O–H groups in total. The van der Waals surface area contributed by atoms with Crippen molar-refractivity contribution in [2.45, 2.75) is 97.1 Å². The molecule has 0 aromatic heterocycles. The lowest BCUT2D eigenvalue weighted by Crippen LogP contribution is -2.48. The molecule has 1 spiro atoms. The van der Waals surface area contributed by atoms with E-state index in [-0.39, 0.29) is 0 Å². The van der Waals surface area contributed by atoms with E-state index in [1.807, 2.05) is 0 Å². The van der Waals surface area contributed by atoms with Crippen LogP contribution >= 0.6 is 0 Å². The molecule has 1 unspecified atom stereocenters. The van der Waals surface area contributed by atoms with Crippen molar-refractivity contribution >= 4 is 0 Å². The first-order valence-corrected chi connectivity index (χ1v) is 10.0. The Kier molecular flexibility index (Phi) is 7.21. The molecule has 2 fully saturated rings. The van der Waals surface area contributed by atoms with Gasteiger partial charge in [0.25, 0.3) is 0 Å². The van der Waals surface area contributed by atoms with E-state index in [2.05, 4.69) is 38.0 Å². The first-order valence-electron chi connectivity index (χ1n) is 10.0.